The molecule has 1 aromatic rings. The summed E-state index contributed by atoms with van der Waals surface area (Å²) in [5.74, 6) is 3.60. The molecule has 3 N–H and O–H groups in total. The van der Waals surface area contributed by atoms with Crippen molar-refractivity contribution in [2.45, 2.75) is 17.7 Å². The Labute approximate surface area is 135 Å². The number of benzene rings is 1. The van der Waals surface area contributed by atoms with E-state index in [-0.39, 0.29) is 24.4 Å². The molecule has 0 aliphatic carbocycles. The Kier molecular flexibility index (Phi) is 8.45. The summed E-state index contributed by atoms with van der Waals surface area (Å²) in [4.78, 5) is 11.9. The highest BCUT2D eigenvalue weighted by Gasteiger charge is 2.16. The van der Waals surface area contributed by atoms with Crippen LogP contribution in [0.4, 0.5) is 0 Å². The van der Waals surface area contributed by atoms with Crippen molar-refractivity contribution in [2.24, 2.45) is 5.73 Å². The molecule has 2 unspecified atom stereocenters. The molecule has 0 spiro atoms. The smallest absolute Gasteiger partial charge is 0.221 e. The Bertz CT molecular complexity index is 399. The minimum Gasteiger partial charge on any atom is -0.355 e. The predicted molar refractivity (Wildman–Crippen MR) is 91.8 cm³/mol. The summed E-state index contributed by atoms with van der Waals surface area (Å²) in [5, 5.41) is 3.55. The number of amides is 1. The van der Waals surface area contributed by atoms with Crippen molar-refractivity contribution in [1.29, 1.82) is 0 Å². The normalized spacial score (nSPS) is 19.8. The van der Waals surface area contributed by atoms with Gasteiger partial charge in [-0.05, 0) is 5.56 Å². The number of carbonyl (C=O) groups excluding carboxylic acids is 1. The maximum atomic E-state index is 11.9. The van der Waals surface area contributed by atoms with Gasteiger partial charge in [-0.25, -0.2) is 0 Å². The molecule has 1 aliphatic rings. The molecule has 1 heterocycles. The fraction of sp³-hybridized carbons (Fsp3) is 0.500. The van der Waals surface area contributed by atoms with E-state index >= 15 is 0 Å². The quantitative estimate of drug-likeness (QED) is 0.869. The van der Waals surface area contributed by atoms with Gasteiger partial charge in [0.05, 0.1) is 0 Å². The topological polar surface area (TPSA) is 55.1 Å². The van der Waals surface area contributed by atoms with Gasteiger partial charge in [0, 0.05) is 41.5 Å². The number of nitrogens with one attached hydrogen (secondary N) is 1. The zero-order valence-electron chi connectivity index (χ0n) is 11.3. The van der Waals surface area contributed by atoms with E-state index in [1.807, 2.05) is 53.9 Å². The Hall–Kier alpha value is -0.360. The van der Waals surface area contributed by atoms with E-state index in [1.165, 1.54) is 11.5 Å². The maximum Gasteiger partial charge on any atom is 0.221 e. The van der Waals surface area contributed by atoms with Crippen molar-refractivity contribution in [3.05, 3.63) is 35.9 Å². The van der Waals surface area contributed by atoms with Crippen LogP contribution in [0.1, 0.15) is 18.0 Å². The monoisotopic (exact) mass is 332 g/mol. The second-order valence-electron chi connectivity index (χ2n) is 4.59. The molecule has 0 bridgehead atoms. The van der Waals surface area contributed by atoms with Gasteiger partial charge < -0.3 is 11.1 Å². The summed E-state index contributed by atoms with van der Waals surface area (Å²) in [5.41, 5.74) is 7.05. The Morgan fingerprint density at radius 3 is 2.75 bits per heavy atom. The fourth-order valence-corrected chi connectivity index (χ4v) is 4.58. The summed E-state index contributed by atoms with van der Waals surface area (Å²) in [6.45, 7) is 0.762. The third kappa shape index (κ3) is 5.95. The van der Waals surface area contributed by atoms with Crippen molar-refractivity contribution in [2.75, 3.05) is 23.8 Å². The molecular formula is C14H21ClN2OS2. The standard InChI is InChI=1S/C14H20N2OS2.ClH/c15-13(11-4-2-1-3-5-11)8-14(17)16-9-12-10-18-6-7-19-12;/h1-5,12-13H,6-10,15H2,(H,16,17);1H. The van der Waals surface area contributed by atoms with Crippen molar-refractivity contribution in [1.82, 2.24) is 5.32 Å². The van der Waals surface area contributed by atoms with Gasteiger partial charge in [-0.1, -0.05) is 30.3 Å². The summed E-state index contributed by atoms with van der Waals surface area (Å²) in [7, 11) is 0. The SMILES string of the molecule is Cl.NC(CC(=O)NCC1CSCCS1)c1ccccc1. The zero-order valence-corrected chi connectivity index (χ0v) is 13.7. The first-order chi connectivity index (χ1) is 9.25. The highest BCUT2D eigenvalue weighted by atomic mass is 35.5. The molecule has 3 nitrogen and oxygen atoms in total. The first kappa shape index (κ1) is 17.7. The van der Waals surface area contributed by atoms with Crippen molar-refractivity contribution in [3.63, 3.8) is 0 Å². The van der Waals surface area contributed by atoms with Gasteiger partial charge in [-0.2, -0.15) is 23.5 Å². The Morgan fingerprint density at radius 2 is 2.10 bits per heavy atom. The number of carbonyl (C=O) groups is 1. The summed E-state index contributed by atoms with van der Waals surface area (Å²) >= 11 is 3.92. The van der Waals surface area contributed by atoms with Gasteiger partial charge in [0.2, 0.25) is 5.91 Å². The van der Waals surface area contributed by atoms with Crippen LogP contribution in [-0.2, 0) is 4.79 Å². The number of rotatable bonds is 5. The van der Waals surface area contributed by atoms with E-state index in [4.69, 9.17) is 5.73 Å². The number of halogens is 1. The van der Waals surface area contributed by atoms with E-state index in [0.717, 1.165) is 17.9 Å². The average molecular weight is 333 g/mol. The molecule has 2 atom stereocenters. The molecule has 112 valence electrons. The number of thioether (sulfide) groups is 2. The van der Waals surface area contributed by atoms with E-state index in [0.29, 0.717) is 11.7 Å². The lowest BCUT2D eigenvalue weighted by Crippen LogP contribution is -2.34. The molecule has 1 amide bonds. The van der Waals surface area contributed by atoms with E-state index in [9.17, 15) is 4.79 Å². The third-order valence-corrected chi connectivity index (χ3v) is 5.89. The number of hydrogen-bond acceptors (Lipinski definition) is 4. The summed E-state index contributed by atoms with van der Waals surface area (Å²) in [6.07, 6.45) is 0.356. The van der Waals surface area contributed by atoms with Crippen molar-refractivity contribution >= 4 is 41.8 Å². The van der Waals surface area contributed by atoms with Gasteiger partial charge >= 0.3 is 0 Å². The molecule has 1 saturated heterocycles. The third-order valence-electron chi connectivity index (χ3n) is 3.04. The lowest BCUT2D eigenvalue weighted by atomic mass is 10.0. The van der Waals surface area contributed by atoms with Crippen LogP contribution >= 0.6 is 35.9 Å². The molecule has 1 fully saturated rings. The van der Waals surface area contributed by atoms with Gasteiger partial charge in [-0.15, -0.1) is 12.4 Å². The van der Waals surface area contributed by atoms with Gasteiger partial charge in [0.25, 0.3) is 0 Å². The average Bonchev–Trinajstić information content (AvgIpc) is 2.47. The summed E-state index contributed by atoms with van der Waals surface area (Å²) < 4.78 is 0. The van der Waals surface area contributed by atoms with Gasteiger partial charge in [-0.3, -0.25) is 4.79 Å². The van der Waals surface area contributed by atoms with Crippen LogP contribution in [0.3, 0.4) is 0 Å². The maximum absolute atomic E-state index is 11.9. The van der Waals surface area contributed by atoms with E-state index in [1.54, 1.807) is 0 Å². The van der Waals surface area contributed by atoms with Crippen LogP contribution in [0.15, 0.2) is 30.3 Å². The molecule has 2 rings (SSSR count). The molecule has 0 radical (unpaired) electrons. The molecule has 0 saturated carbocycles. The van der Waals surface area contributed by atoms with Crippen LogP contribution in [0.2, 0.25) is 0 Å². The van der Waals surface area contributed by atoms with Crippen LogP contribution in [0.5, 0.6) is 0 Å². The number of nitrogens with two attached hydrogens (primary N) is 1. The number of hydrogen-bond donors (Lipinski definition) is 2. The van der Waals surface area contributed by atoms with E-state index < -0.39 is 0 Å². The second kappa shape index (κ2) is 9.55. The van der Waals surface area contributed by atoms with Crippen molar-refractivity contribution < 1.29 is 4.79 Å². The lowest BCUT2D eigenvalue weighted by molar-refractivity contribution is -0.121. The van der Waals surface area contributed by atoms with Gasteiger partial charge in [0.1, 0.15) is 0 Å². The molecule has 20 heavy (non-hydrogen) atoms. The molecule has 1 aromatic carbocycles. The first-order valence-electron chi connectivity index (χ1n) is 6.52. The lowest BCUT2D eigenvalue weighted by Gasteiger charge is -2.21. The highest BCUT2D eigenvalue weighted by molar-refractivity contribution is 8.06. The Balaban J connectivity index is 0.00000200. The molecule has 0 aromatic heterocycles. The Morgan fingerprint density at radius 1 is 1.35 bits per heavy atom. The minimum absolute atomic E-state index is 0. The molecular weight excluding hydrogens is 312 g/mol. The molecule has 6 heteroatoms. The second-order valence-corrected chi connectivity index (χ2v) is 7.15. The van der Waals surface area contributed by atoms with Crippen molar-refractivity contribution in [3.8, 4) is 0 Å². The molecule has 1 aliphatic heterocycles. The minimum atomic E-state index is -0.213. The van der Waals surface area contributed by atoms with Crippen LogP contribution < -0.4 is 11.1 Å². The van der Waals surface area contributed by atoms with Crippen LogP contribution in [-0.4, -0.2) is 35.0 Å². The fourth-order valence-electron chi connectivity index (χ4n) is 1.97. The first-order valence-corrected chi connectivity index (χ1v) is 8.72. The highest BCUT2D eigenvalue weighted by Crippen LogP contribution is 2.23. The van der Waals surface area contributed by atoms with Crippen LogP contribution in [0, 0.1) is 0 Å². The zero-order chi connectivity index (χ0) is 13.5. The van der Waals surface area contributed by atoms with E-state index in [2.05, 4.69) is 5.32 Å². The largest absolute Gasteiger partial charge is 0.355 e. The predicted octanol–water partition coefficient (Wildman–Crippen LogP) is 2.46. The van der Waals surface area contributed by atoms with Crippen LogP contribution in [0.25, 0.3) is 0 Å². The summed E-state index contributed by atoms with van der Waals surface area (Å²) in [6, 6.07) is 9.56. The van der Waals surface area contributed by atoms with Gasteiger partial charge in [0.15, 0.2) is 0 Å².